The van der Waals surface area contributed by atoms with E-state index >= 15 is 0 Å². The number of methoxy groups -OCH3 is 1. The Balaban J connectivity index is 2.24. The molecule has 0 aliphatic carbocycles. The summed E-state index contributed by atoms with van der Waals surface area (Å²) >= 11 is 0. The van der Waals surface area contributed by atoms with E-state index in [4.69, 9.17) is 4.74 Å². The molecule has 0 amide bonds. The lowest BCUT2D eigenvalue weighted by Gasteiger charge is -2.36. The molecular weight excluding hydrogens is 294 g/mol. The molecule has 1 N–H and O–H groups in total. The summed E-state index contributed by atoms with van der Waals surface area (Å²) in [5.41, 5.74) is 0. The van der Waals surface area contributed by atoms with Crippen molar-refractivity contribution in [1.29, 1.82) is 0 Å². The van der Waals surface area contributed by atoms with Crippen molar-refractivity contribution >= 4 is 10.2 Å². The molecule has 8 nitrogen and oxygen atoms in total. The molecular formula is C12H23N5O3S. The first-order valence-corrected chi connectivity index (χ1v) is 8.28. The largest absolute Gasteiger partial charge is 0.383 e. The summed E-state index contributed by atoms with van der Waals surface area (Å²) in [6.07, 6.45) is 3.51. The van der Waals surface area contributed by atoms with Gasteiger partial charge in [0, 0.05) is 59.8 Å². The van der Waals surface area contributed by atoms with Crippen LogP contribution in [-0.2, 0) is 22.0 Å². The summed E-state index contributed by atoms with van der Waals surface area (Å²) in [4.78, 5) is 4.30. The van der Waals surface area contributed by atoms with Crippen LogP contribution in [0.4, 0.5) is 0 Å². The van der Waals surface area contributed by atoms with Crippen molar-refractivity contribution < 1.29 is 13.2 Å². The molecule has 0 spiro atoms. The van der Waals surface area contributed by atoms with Gasteiger partial charge >= 0.3 is 0 Å². The summed E-state index contributed by atoms with van der Waals surface area (Å²) in [5, 5.41) is 3.23. The zero-order valence-electron chi connectivity index (χ0n) is 12.7. The van der Waals surface area contributed by atoms with Gasteiger partial charge in [0.05, 0.1) is 12.6 Å². The SMILES string of the molecule is COCCN(C)S(=O)(=O)N1CCNCC1c1nccn1C. The number of hydrogen-bond donors (Lipinski definition) is 1. The number of likely N-dealkylation sites (N-methyl/N-ethyl adjacent to an activating group) is 1. The molecule has 1 saturated heterocycles. The van der Waals surface area contributed by atoms with Crippen molar-refractivity contribution in [2.45, 2.75) is 6.04 Å². The minimum absolute atomic E-state index is 0.297. The lowest BCUT2D eigenvalue weighted by atomic mass is 10.2. The standard InChI is InChI=1S/C12H23N5O3S/c1-15-6-5-14-12(15)11-10-13-4-7-17(11)21(18,19)16(2)8-9-20-3/h5-6,11,13H,4,7-10H2,1-3H3. The highest BCUT2D eigenvalue weighted by Gasteiger charge is 2.37. The Morgan fingerprint density at radius 1 is 1.57 bits per heavy atom. The van der Waals surface area contributed by atoms with Crippen molar-refractivity contribution in [2.24, 2.45) is 7.05 Å². The summed E-state index contributed by atoms with van der Waals surface area (Å²) in [5.74, 6) is 0.742. The highest BCUT2D eigenvalue weighted by Crippen LogP contribution is 2.24. The van der Waals surface area contributed by atoms with E-state index < -0.39 is 10.2 Å². The molecule has 1 atom stereocenters. The first kappa shape index (κ1) is 16.4. The highest BCUT2D eigenvalue weighted by molar-refractivity contribution is 7.86. The summed E-state index contributed by atoms with van der Waals surface area (Å²) in [6, 6.07) is -0.297. The minimum atomic E-state index is -3.53. The zero-order valence-corrected chi connectivity index (χ0v) is 13.5. The van der Waals surface area contributed by atoms with Gasteiger partial charge in [-0.25, -0.2) is 4.98 Å². The number of nitrogens with zero attached hydrogens (tertiary/aromatic N) is 4. The van der Waals surface area contributed by atoms with Crippen molar-refractivity contribution in [3.05, 3.63) is 18.2 Å². The topological polar surface area (TPSA) is 79.7 Å². The van der Waals surface area contributed by atoms with Gasteiger partial charge in [0.2, 0.25) is 0 Å². The van der Waals surface area contributed by atoms with Crippen LogP contribution in [0.25, 0.3) is 0 Å². The fourth-order valence-corrected chi connectivity index (χ4v) is 3.87. The number of nitrogens with one attached hydrogen (secondary N) is 1. The summed E-state index contributed by atoms with van der Waals surface area (Å²) in [6.45, 7) is 2.32. The summed E-state index contributed by atoms with van der Waals surface area (Å²) in [7, 11) is 1.47. The molecule has 1 aliphatic heterocycles. The minimum Gasteiger partial charge on any atom is -0.383 e. The van der Waals surface area contributed by atoms with E-state index in [2.05, 4.69) is 10.3 Å². The van der Waals surface area contributed by atoms with Crippen LogP contribution in [0, 0.1) is 0 Å². The lowest BCUT2D eigenvalue weighted by Crippen LogP contribution is -2.53. The lowest BCUT2D eigenvalue weighted by molar-refractivity contribution is 0.177. The van der Waals surface area contributed by atoms with Gasteiger partial charge in [0.25, 0.3) is 10.2 Å². The average Bonchev–Trinajstić information content (AvgIpc) is 2.90. The Bertz CT molecular complexity index is 559. The number of aryl methyl sites for hydroxylation is 1. The van der Waals surface area contributed by atoms with Gasteiger partial charge in [-0.1, -0.05) is 0 Å². The van der Waals surface area contributed by atoms with Gasteiger partial charge in [-0.05, 0) is 0 Å². The third-order valence-electron chi connectivity index (χ3n) is 3.65. The van der Waals surface area contributed by atoms with Crippen LogP contribution < -0.4 is 5.32 Å². The Morgan fingerprint density at radius 2 is 2.33 bits per heavy atom. The monoisotopic (exact) mass is 317 g/mol. The van der Waals surface area contributed by atoms with Gasteiger partial charge in [-0.3, -0.25) is 0 Å². The van der Waals surface area contributed by atoms with Gasteiger partial charge in [0.15, 0.2) is 0 Å². The molecule has 1 aromatic heterocycles. The Hall–Kier alpha value is -1.00. The van der Waals surface area contributed by atoms with Gasteiger partial charge in [0.1, 0.15) is 5.82 Å². The van der Waals surface area contributed by atoms with E-state index in [1.807, 2.05) is 17.8 Å². The number of rotatable bonds is 6. The van der Waals surface area contributed by atoms with Gasteiger partial charge in [-0.2, -0.15) is 17.0 Å². The Labute approximate surface area is 125 Å². The van der Waals surface area contributed by atoms with Crippen molar-refractivity contribution in [3.63, 3.8) is 0 Å². The van der Waals surface area contributed by atoms with E-state index in [1.165, 1.54) is 8.61 Å². The smallest absolute Gasteiger partial charge is 0.282 e. The molecule has 1 unspecified atom stereocenters. The molecule has 9 heteroatoms. The molecule has 0 radical (unpaired) electrons. The number of ether oxygens (including phenoxy) is 1. The fourth-order valence-electron chi connectivity index (χ4n) is 2.39. The maximum absolute atomic E-state index is 12.7. The normalized spacial score (nSPS) is 21.0. The number of hydrogen-bond acceptors (Lipinski definition) is 5. The average molecular weight is 317 g/mol. The van der Waals surface area contributed by atoms with E-state index in [9.17, 15) is 8.42 Å². The van der Waals surface area contributed by atoms with Crippen LogP contribution >= 0.6 is 0 Å². The molecule has 1 aliphatic rings. The maximum atomic E-state index is 12.7. The second-order valence-corrected chi connectivity index (χ2v) is 7.04. The molecule has 2 rings (SSSR count). The van der Waals surface area contributed by atoms with E-state index in [1.54, 1.807) is 20.4 Å². The molecule has 1 aromatic rings. The van der Waals surface area contributed by atoms with Crippen LogP contribution in [0.3, 0.4) is 0 Å². The fraction of sp³-hybridized carbons (Fsp3) is 0.750. The van der Waals surface area contributed by atoms with Crippen LogP contribution in [0.1, 0.15) is 11.9 Å². The Morgan fingerprint density at radius 3 is 2.95 bits per heavy atom. The van der Waals surface area contributed by atoms with Crippen molar-refractivity contribution in [1.82, 2.24) is 23.5 Å². The predicted molar refractivity (Wildman–Crippen MR) is 79.0 cm³/mol. The second kappa shape index (κ2) is 6.84. The maximum Gasteiger partial charge on any atom is 0.282 e. The highest BCUT2D eigenvalue weighted by atomic mass is 32.2. The first-order chi connectivity index (χ1) is 9.98. The molecule has 1 fully saturated rings. The molecule has 0 saturated carbocycles. The Kier molecular flexibility index (Phi) is 5.33. The second-order valence-electron chi connectivity index (χ2n) is 5.05. The third-order valence-corrected chi connectivity index (χ3v) is 5.65. The van der Waals surface area contributed by atoms with Crippen LogP contribution in [0.15, 0.2) is 12.4 Å². The van der Waals surface area contributed by atoms with E-state index in [0.29, 0.717) is 32.8 Å². The first-order valence-electron chi connectivity index (χ1n) is 6.88. The molecule has 120 valence electrons. The van der Waals surface area contributed by atoms with Gasteiger partial charge in [-0.15, -0.1) is 0 Å². The van der Waals surface area contributed by atoms with Crippen molar-refractivity contribution in [3.8, 4) is 0 Å². The van der Waals surface area contributed by atoms with Crippen LogP contribution in [-0.4, -0.2) is 73.5 Å². The summed E-state index contributed by atoms with van der Waals surface area (Å²) < 4.78 is 35.1. The predicted octanol–water partition coefficient (Wildman–Crippen LogP) is -0.811. The molecule has 0 bridgehead atoms. The quantitative estimate of drug-likeness (QED) is 0.742. The van der Waals surface area contributed by atoms with Gasteiger partial charge < -0.3 is 14.6 Å². The molecule has 0 aromatic carbocycles. The van der Waals surface area contributed by atoms with Crippen LogP contribution in [0.2, 0.25) is 0 Å². The van der Waals surface area contributed by atoms with E-state index in [0.717, 1.165) is 5.82 Å². The zero-order chi connectivity index (χ0) is 15.5. The number of imidazole rings is 1. The van der Waals surface area contributed by atoms with Crippen molar-refractivity contribution in [2.75, 3.05) is 46.9 Å². The van der Waals surface area contributed by atoms with E-state index in [-0.39, 0.29) is 6.04 Å². The third kappa shape index (κ3) is 3.43. The van der Waals surface area contributed by atoms with Crippen LogP contribution in [0.5, 0.6) is 0 Å². The molecule has 2 heterocycles. The number of piperazine rings is 1. The number of aromatic nitrogens is 2. The molecule has 21 heavy (non-hydrogen) atoms.